The van der Waals surface area contributed by atoms with Crippen molar-refractivity contribution in [3.63, 3.8) is 0 Å². The quantitative estimate of drug-likeness (QED) is 0.787. The van der Waals surface area contributed by atoms with Gasteiger partial charge in [-0.3, -0.25) is 4.79 Å². The van der Waals surface area contributed by atoms with Gasteiger partial charge < -0.3 is 9.26 Å². The van der Waals surface area contributed by atoms with E-state index in [2.05, 4.69) is 15.1 Å². The lowest BCUT2D eigenvalue weighted by atomic mass is 9.96. The highest BCUT2D eigenvalue weighted by molar-refractivity contribution is 5.77. The highest BCUT2D eigenvalue weighted by atomic mass is 16.5. The number of carbonyl (C=O) groups excluding carboxylic acids is 1. The molecule has 0 amide bonds. The molecule has 2 rings (SSSR count). The van der Waals surface area contributed by atoms with E-state index in [9.17, 15) is 4.79 Å². The summed E-state index contributed by atoms with van der Waals surface area (Å²) in [6.45, 7) is 7.81. The Labute approximate surface area is 123 Å². The zero-order chi connectivity index (χ0) is 15.4. The summed E-state index contributed by atoms with van der Waals surface area (Å²) in [4.78, 5) is 20.7. The monoisotopic (exact) mass is 289 g/mol. The fourth-order valence-electron chi connectivity index (χ4n) is 2.02. The van der Waals surface area contributed by atoms with Gasteiger partial charge in [-0.05, 0) is 31.9 Å². The van der Waals surface area contributed by atoms with Gasteiger partial charge in [-0.1, -0.05) is 25.1 Å². The number of pyridine rings is 1. The summed E-state index contributed by atoms with van der Waals surface area (Å²) in [5, 5.41) is 3.92. The lowest BCUT2D eigenvalue weighted by molar-refractivity contribution is -0.146. The third-order valence-electron chi connectivity index (χ3n) is 3.03. The number of aromatic nitrogens is 3. The second-order valence-corrected chi connectivity index (χ2v) is 5.09. The van der Waals surface area contributed by atoms with Crippen molar-refractivity contribution in [2.24, 2.45) is 5.92 Å². The van der Waals surface area contributed by atoms with Gasteiger partial charge >= 0.3 is 5.97 Å². The van der Waals surface area contributed by atoms with Gasteiger partial charge in [0.15, 0.2) is 0 Å². The minimum absolute atomic E-state index is 0.00261. The van der Waals surface area contributed by atoms with Crippen molar-refractivity contribution < 1.29 is 14.1 Å². The molecule has 0 bridgehead atoms. The predicted octanol–water partition coefficient (Wildman–Crippen LogP) is 2.74. The Bertz CT molecular complexity index is 622. The van der Waals surface area contributed by atoms with Crippen LogP contribution < -0.4 is 0 Å². The van der Waals surface area contributed by atoms with Crippen LogP contribution in [0.1, 0.15) is 38.3 Å². The molecule has 2 heterocycles. The number of aryl methyl sites for hydroxylation is 1. The van der Waals surface area contributed by atoms with Crippen molar-refractivity contribution in [1.29, 1.82) is 0 Å². The van der Waals surface area contributed by atoms with Crippen molar-refractivity contribution in [3.8, 4) is 11.5 Å². The fourth-order valence-corrected chi connectivity index (χ4v) is 2.02. The van der Waals surface area contributed by atoms with Gasteiger partial charge in [0.05, 0.1) is 6.61 Å². The van der Waals surface area contributed by atoms with Crippen LogP contribution in [-0.2, 0) is 9.53 Å². The number of ether oxygens (including phenoxy) is 1. The number of hydrogen-bond donors (Lipinski definition) is 0. The second kappa shape index (κ2) is 6.47. The van der Waals surface area contributed by atoms with Gasteiger partial charge in [0.2, 0.25) is 11.7 Å². The summed E-state index contributed by atoms with van der Waals surface area (Å²) < 4.78 is 10.3. The first-order valence-electron chi connectivity index (χ1n) is 6.97. The van der Waals surface area contributed by atoms with Crippen LogP contribution in [0.3, 0.4) is 0 Å². The molecule has 1 atom stereocenters. The molecule has 0 N–H and O–H groups in total. The third kappa shape index (κ3) is 3.45. The highest BCUT2D eigenvalue weighted by Crippen LogP contribution is 2.26. The van der Waals surface area contributed by atoms with Crippen LogP contribution in [0.4, 0.5) is 0 Å². The average Bonchev–Trinajstić information content (AvgIpc) is 2.88. The van der Waals surface area contributed by atoms with Crippen molar-refractivity contribution in [2.75, 3.05) is 6.61 Å². The molecule has 0 aliphatic rings. The van der Waals surface area contributed by atoms with E-state index < -0.39 is 5.92 Å². The highest BCUT2D eigenvalue weighted by Gasteiger charge is 2.31. The predicted molar refractivity (Wildman–Crippen MR) is 76.5 cm³/mol. The molecule has 2 aromatic heterocycles. The van der Waals surface area contributed by atoms with Crippen LogP contribution in [0.25, 0.3) is 11.5 Å². The zero-order valence-electron chi connectivity index (χ0n) is 12.7. The van der Waals surface area contributed by atoms with Gasteiger partial charge in [0.25, 0.3) is 0 Å². The normalized spacial score (nSPS) is 12.4. The molecular formula is C15H19N3O3. The van der Waals surface area contributed by atoms with Crippen LogP contribution in [-0.4, -0.2) is 27.7 Å². The minimum Gasteiger partial charge on any atom is -0.465 e. The minimum atomic E-state index is -0.559. The van der Waals surface area contributed by atoms with E-state index >= 15 is 0 Å². The summed E-state index contributed by atoms with van der Waals surface area (Å²) in [5.41, 5.74) is 1.49. The topological polar surface area (TPSA) is 78.1 Å². The molecule has 6 nitrogen and oxygen atoms in total. The largest absolute Gasteiger partial charge is 0.465 e. The molecule has 0 spiro atoms. The van der Waals surface area contributed by atoms with Gasteiger partial charge in [-0.25, -0.2) is 4.98 Å². The summed E-state index contributed by atoms with van der Waals surface area (Å²) in [5.74, 6) is -0.260. The molecule has 0 radical (unpaired) electrons. The van der Waals surface area contributed by atoms with Crippen LogP contribution in [0.15, 0.2) is 22.7 Å². The maximum atomic E-state index is 12.0. The molecule has 0 saturated heterocycles. The smallest absolute Gasteiger partial charge is 0.318 e. The molecule has 112 valence electrons. The Balaban J connectivity index is 2.30. The number of rotatable bonds is 5. The number of hydrogen-bond acceptors (Lipinski definition) is 6. The summed E-state index contributed by atoms with van der Waals surface area (Å²) in [6.07, 6.45) is 0. The van der Waals surface area contributed by atoms with Crippen molar-refractivity contribution in [3.05, 3.63) is 29.8 Å². The molecule has 0 saturated carbocycles. The number of nitrogens with zero attached hydrogens (tertiary/aromatic N) is 3. The molecule has 1 unspecified atom stereocenters. The van der Waals surface area contributed by atoms with E-state index in [0.717, 1.165) is 5.69 Å². The van der Waals surface area contributed by atoms with Gasteiger partial charge in [-0.2, -0.15) is 4.98 Å². The Kier molecular flexibility index (Phi) is 4.67. The van der Waals surface area contributed by atoms with Crippen molar-refractivity contribution in [1.82, 2.24) is 15.1 Å². The fraction of sp³-hybridized carbons (Fsp3) is 0.467. The van der Waals surface area contributed by atoms with E-state index in [-0.39, 0.29) is 17.8 Å². The molecule has 0 aliphatic carbocycles. The average molecular weight is 289 g/mol. The van der Waals surface area contributed by atoms with Crippen molar-refractivity contribution >= 4 is 5.97 Å². The van der Waals surface area contributed by atoms with Gasteiger partial charge in [0.1, 0.15) is 11.6 Å². The molecule has 2 aromatic rings. The Morgan fingerprint density at radius 1 is 1.33 bits per heavy atom. The third-order valence-corrected chi connectivity index (χ3v) is 3.03. The van der Waals surface area contributed by atoms with Gasteiger partial charge in [-0.15, -0.1) is 0 Å². The van der Waals surface area contributed by atoms with E-state index in [0.29, 0.717) is 18.1 Å². The SMILES string of the molecule is CCOC(=O)C(c1nc(-c2cccc(C)n2)no1)C(C)C. The van der Waals surface area contributed by atoms with E-state index in [1.807, 2.05) is 32.9 Å². The summed E-state index contributed by atoms with van der Waals surface area (Å²) in [7, 11) is 0. The standard InChI is InChI=1S/C15H19N3O3/c1-5-20-15(19)12(9(2)3)14-17-13(18-21-14)11-8-6-7-10(4)16-11/h6-9,12H,5H2,1-4H3. The Morgan fingerprint density at radius 3 is 2.71 bits per heavy atom. The maximum absolute atomic E-state index is 12.0. The summed E-state index contributed by atoms with van der Waals surface area (Å²) >= 11 is 0. The molecule has 0 aliphatic heterocycles. The lowest BCUT2D eigenvalue weighted by Gasteiger charge is -2.14. The first-order valence-corrected chi connectivity index (χ1v) is 6.97. The van der Waals surface area contributed by atoms with E-state index in [4.69, 9.17) is 9.26 Å². The van der Waals surface area contributed by atoms with Crippen molar-refractivity contribution in [2.45, 2.75) is 33.6 Å². The zero-order valence-corrected chi connectivity index (χ0v) is 12.7. The molecule has 21 heavy (non-hydrogen) atoms. The Morgan fingerprint density at radius 2 is 2.10 bits per heavy atom. The van der Waals surface area contributed by atoms with Crippen LogP contribution in [0, 0.1) is 12.8 Å². The van der Waals surface area contributed by atoms with Crippen LogP contribution >= 0.6 is 0 Å². The number of carbonyl (C=O) groups is 1. The molecular weight excluding hydrogens is 270 g/mol. The second-order valence-electron chi connectivity index (χ2n) is 5.09. The lowest BCUT2D eigenvalue weighted by Crippen LogP contribution is -2.21. The molecule has 0 aromatic carbocycles. The Hall–Kier alpha value is -2.24. The number of esters is 1. The van der Waals surface area contributed by atoms with Gasteiger partial charge in [0, 0.05) is 5.69 Å². The van der Waals surface area contributed by atoms with E-state index in [1.54, 1.807) is 13.0 Å². The van der Waals surface area contributed by atoms with E-state index in [1.165, 1.54) is 0 Å². The first-order chi connectivity index (χ1) is 10.0. The molecule has 6 heteroatoms. The maximum Gasteiger partial charge on any atom is 0.318 e. The summed E-state index contributed by atoms with van der Waals surface area (Å²) in [6, 6.07) is 5.56. The van der Waals surface area contributed by atoms with Crippen LogP contribution in [0.2, 0.25) is 0 Å². The molecule has 0 fully saturated rings. The van der Waals surface area contributed by atoms with Crippen LogP contribution in [0.5, 0.6) is 0 Å². The first kappa shape index (κ1) is 15.2.